The monoisotopic (exact) mass is 366 g/mol. The molecule has 2 atom stereocenters. The molecule has 4 heteroatoms. The fraction of sp³-hybridized carbons (Fsp3) is 1.00. The summed E-state index contributed by atoms with van der Waals surface area (Å²) < 4.78 is 3.05. The number of piperazine rings is 1. The molecule has 10 heavy (non-hydrogen) atoms. The Labute approximate surface area is 90.0 Å². The summed E-state index contributed by atoms with van der Waals surface area (Å²) in [5.41, 5.74) is 0. The summed E-state index contributed by atoms with van der Waals surface area (Å²) in [6, 6.07) is 0.681. The first kappa shape index (κ1) is 9.47. The van der Waals surface area contributed by atoms with Gasteiger partial charge in [0.25, 0.3) is 0 Å². The SMILES string of the molecule is CC1C(I)N(C)CCN1I. The molecule has 60 valence electrons. The summed E-state index contributed by atoms with van der Waals surface area (Å²) in [6.45, 7) is 4.66. The molecule has 2 unspecified atom stereocenters. The van der Waals surface area contributed by atoms with E-state index >= 15 is 0 Å². The molecular formula is C6H12I2N2. The van der Waals surface area contributed by atoms with E-state index in [4.69, 9.17) is 0 Å². The average molecular weight is 366 g/mol. The van der Waals surface area contributed by atoms with Crippen molar-refractivity contribution in [3.63, 3.8) is 0 Å². The van der Waals surface area contributed by atoms with Gasteiger partial charge in [-0.05, 0) is 14.0 Å². The van der Waals surface area contributed by atoms with Gasteiger partial charge in [0.2, 0.25) is 0 Å². The summed E-state index contributed by atoms with van der Waals surface area (Å²) in [4.78, 5) is 2.40. The van der Waals surface area contributed by atoms with Crippen molar-refractivity contribution in [2.75, 3.05) is 20.1 Å². The number of hydrogen-bond acceptors (Lipinski definition) is 2. The lowest BCUT2D eigenvalue weighted by molar-refractivity contribution is 0.182. The van der Waals surface area contributed by atoms with Gasteiger partial charge in [0.15, 0.2) is 0 Å². The maximum atomic E-state index is 2.50. The zero-order valence-corrected chi connectivity index (χ0v) is 10.5. The summed E-state index contributed by atoms with van der Waals surface area (Å²) in [5, 5.41) is 0. The van der Waals surface area contributed by atoms with E-state index in [2.05, 4.69) is 67.4 Å². The second-order valence-corrected chi connectivity index (χ2v) is 5.23. The average Bonchev–Trinajstić information content (AvgIpc) is 1.93. The van der Waals surface area contributed by atoms with Gasteiger partial charge < -0.3 is 0 Å². The Morgan fingerprint density at radius 2 is 2.00 bits per heavy atom. The molecule has 1 heterocycles. The highest BCUT2D eigenvalue weighted by molar-refractivity contribution is 14.1. The highest BCUT2D eigenvalue weighted by Gasteiger charge is 2.27. The molecule has 0 aromatic heterocycles. The Kier molecular flexibility index (Phi) is 3.66. The second kappa shape index (κ2) is 3.86. The smallest absolute Gasteiger partial charge is 0.0779 e. The van der Waals surface area contributed by atoms with Gasteiger partial charge in [0.1, 0.15) is 0 Å². The van der Waals surface area contributed by atoms with Gasteiger partial charge in [-0.25, -0.2) is 3.11 Å². The number of rotatable bonds is 0. The third kappa shape index (κ3) is 1.95. The van der Waals surface area contributed by atoms with Gasteiger partial charge in [0.05, 0.1) is 4.05 Å². The second-order valence-electron chi connectivity index (χ2n) is 2.72. The van der Waals surface area contributed by atoms with E-state index in [0.29, 0.717) is 10.1 Å². The topological polar surface area (TPSA) is 6.48 Å². The van der Waals surface area contributed by atoms with Crippen molar-refractivity contribution in [1.82, 2.24) is 8.01 Å². The summed E-state index contributed by atoms with van der Waals surface area (Å²) in [6.07, 6.45) is 0. The summed E-state index contributed by atoms with van der Waals surface area (Å²) in [7, 11) is 2.19. The highest BCUT2D eigenvalue weighted by Crippen LogP contribution is 2.23. The predicted molar refractivity (Wildman–Crippen MR) is 60.6 cm³/mol. The predicted octanol–water partition coefficient (Wildman–Crippen LogP) is 1.73. The number of hydrogen-bond donors (Lipinski definition) is 0. The van der Waals surface area contributed by atoms with Crippen molar-refractivity contribution < 1.29 is 0 Å². The lowest BCUT2D eigenvalue weighted by Crippen LogP contribution is -2.50. The Morgan fingerprint density at radius 1 is 1.40 bits per heavy atom. The molecule has 0 saturated carbocycles. The van der Waals surface area contributed by atoms with E-state index in [1.54, 1.807) is 0 Å². The van der Waals surface area contributed by atoms with Crippen LogP contribution < -0.4 is 0 Å². The zero-order valence-electron chi connectivity index (χ0n) is 6.22. The van der Waals surface area contributed by atoms with Crippen LogP contribution in [0.3, 0.4) is 0 Å². The van der Waals surface area contributed by atoms with Crippen LogP contribution in [-0.4, -0.2) is 38.2 Å². The molecule has 0 aliphatic carbocycles. The number of alkyl halides is 1. The molecule has 0 N–H and O–H groups in total. The first-order valence-corrected chi connectivity index (χ1v) is 5.60. The van der Waals surface area contributed by atoms with Crippen molar-refractivity contribution in [2.24, 2.45) is 0 Å². The van der Waals surface area contributed by atoms with Crippen LogP contribution >= 0.6 is 45.5 Å². The van der Waals surface area contributed by atoms with Crippen LogP contribution in [0.15, 0.2) is 0 Å². The molecule has 1 rings (SSSR count). The van der Waals surface area contributed by atoms with Crippen molar-refractivity contribution >= 4 is 45.5 Å². The van der Waals surface area contributed by atoms with E-state index < -0.39 is 0 Å². The Balaban J connectivity index is 2.52. The minimum Gasteiger partial charge on any atom is -0.292 e. The van der Waals surface area contributed by atoms with Gasteiger partial charge >= 0.3 is 0 Å². The van der Waals surface area contributed by atoms with Crippen LogP contribution in [0.2, 0.25) is 0 Å². The van der Waals surface area contributed by atoms with E-state index in [0.717, 1.165) is 0 Å². The third-order valence-corrected chi connectivity index (χ3v) is 5.28. The molecule has 0 bridgehead atoms. The number of nitrogens with zero attached hydrogens (tertiary/aromatic N) is 2. The highest BCUT2D eigenvalue weighted by atomic mass is 127. The van der Waals surface area contributed by atoms with Crippen LogP contribution in [0.5, 0.6) is 0 Å². The van der Waals surface area contributed by atoms with E-state index in [9.17, 15) is 0 Å². The fourth-order valence-corrected chi connectivity index (χ4v) is 2.88. The van der Waals surface area contributed by atoms with Gasteiger partial charge in [-0.1, -0.05) is 22.6 Å². The van der Waals surface area contributed by atoms with Crippen LogP contribution in [0.25, 0.3) is 0 Å². The molecule has 2 nitrogen and oxygen atoms in total. The Morgan fingerprint density at radius 3 is 2.50 bits per heavy atom. The molecule has 1 saturated heterocycles. The fourth-order valence-electron chi connectivity index (χ4n) is 1.08. The van der Waals surface area contributed by atoms with Crippen molar-refractivity contribution in [2.45, 2.75) is 17.0 Å². The van der Waals surface area contributed by atoms with Crippen LogP contribution in [-0.2, 0) is 0 Å². The number of halogens is 2. The molecule has 0 radical (unpaired) electrons. The molecular weight excluding hydrogens is 354 g/mol. The Bertz CT molecular complexity index is 106. The van der Waals surface area contributed by atoms with Crippen LogP contribution in [0.1, 0.15) is 6.92 Å². The van der Waals surface area contributed by atoms with Gasteiger partial charge in [-0.2, -0.15) is 0 Å². The largest absolute Gasteiger partial charge is 0.292 e. The molecule has 0 spiro atoms. The van der Waals surface area contributed by atoms with Crippen LogP contribution in [0, 0.1) is 0 Å². The quantitative estimate of drug-likeness (QED) is 0.279. The van der Waals surface area contributed by atoms with Crippen LogP contribution in [0.4, 0.5) is 0 Å². The standard InChI is InChI=1S/C6H12I2N2/c1-5-6(7)9(2)3-4-10(5)8/h5-6H,3-4H2,1-2H3. The first-order valence-electron chi connectivity index (χ1n) is 3.39. The molecule has 1 aliphatic rings. The molecule has 1 fully saturated rings. The minimum absolute atomic E-state index is 0.670. The third-order valence-electron chi connectivity index (χ3n) is 1.93. The van der Waals surface area contributed by atoms with Gasteiger partial charge in [-0.3, -0.25) is 4.90 Å². The maximum absolute atomic E-state index is 2.50. The maximum Gasteiger partial charge on any atom is 0.0779 e. The van der Waals surface area contributed by atoms with Crippen molar-refractivity contribution in [1.29, 1.82) is 0 Å². The summed E-state index contributed by atoms with van der Waals surface area (Å²) >= 11 is 4.91. The molecule has 0 amide bonds. The van der Waals surface area contributed by atoms with E-state index in [1.165, 1.54) is 13.1 Å². The lowest BCUT2D eigenvalue weighted by Gasteiger charge is -2.38. The van der Waals surface area contributed by atoms with Crippen molar-refractivity contribution in [3.8, 4) is 0 Å². The van der Waals surface area contributed by atoms with E-state index in [-0.39, 0.29) is 0 Å². The van der Waals surface area contributed by atoms with E-state index in [1.807, 2.05) is 0 Å². The zero-order chi connectivity index (χ0) is 7.72. The van der Waals surface area contributed by atoms with Crippen molar-refractivity contribution in [3.05, 3.63) is 0 Å². The molecule has 0 aromatic rings. The normalized spacial score (nSPS) is 38.4. The Hall–Kier alpha value is 1.38. The molecule has 1 aliphatic heterocycles. The molecule has 0 aromatic carbocycles. The minimum atomic E-state index is 0.670. The lowest BCUT2D eigenvalue weighted by atomic mass is 10.2. The number of likely N-dealkylation sites (N-methyl/N-ethyl adjacent to an activating group) is 1. The summed E-state index contributed by atoms with van der Waals surface area (Å²) in [5.74, 6) is 0. The van der Waals surface area contributed by atoms with Gasteiger partial charge in [-0.15, -0.1) is 0 Å². The first-order chi connectivity index (χ1) is 4.63. The van der Waals surface area contributed by atoms with Gasteiger partial charge in [0, 0.05) is 42.0 Å².